The van der Waals surface area contributed by atoms with Crippen LogP contribution in [0.25, 0.3) is 11.4 Å². The van der Waals surface area contributed by atoms with Crippen LogP contribution in [0.5, 0.6) is 0 Å². The highest BCUT2D eigenvalue weighted by molar-refractivity contribution is 8.00. The van der Waals surface area contributed by atoms with Crippen molar-refractivity contribution in [2.45, 2.75) is 69.3 Å². The number of thioether (sulfide) groups is 1. The zero-order valence-electron chi connectivity index (χ0n) is 19.6. The molecule has 1 atom stereocenters. The molecule has 1 aromatic carbocycles. The van der Waals surface area contributed by atoms with E-state index in [4.69, 9.17) is 0 Å². The zero-order chi connectivity index (χ0) is 23.5. The standard InChI is InChI=1S/C23H31N7O2S/c1-5-28(18-12-8-6-9-13-18)21(31)17(3)33-23-24-25-26-29(23)20-16(2)27(4)30(22(20)32)19-14-10-7-11-15-19/h7,10-11,14-15,17-18H,5-6,8-9,12-13H2,1-4H3/t17-/m1/s1. The number of hydrogen-bond acceptors (Lipinski definition) is 6. The van der Waals surface area contributed by atoms with Gasteiger partial charge in [0.05, 0.1) is 16.6 Å². The summed E-state index contributed by atoms with van der Waals surface area (Å²) in [7, 11) is 1.83. The lowest BCUT2D eigenvalue weighted by atomic mass is 9.94. The molecule has 1 amide bonds. The van der Waals surface area contributed by atoms with Crippen LogP contribution in [0.2, 0.25) is 0 Å². The number of amides is 1. The van der Waals surface area contributed by atoms with E-state index in [1.165, 1.54) is 35.7 Å². The van der Waals surface area contributed by atoms with Crippen molar-refractivity contribution in [2.75, 3.05) is 6.54 Å². The van der Waals surface area contributed by atoms with Crippen LogP contribution in [-0.4, -0.2) is 58.2 Å². The number of benzene rings is 1. The second-order valence-electron chi connectivity index (χ2n) is 8.46. The molecule has 0 radical (unpaired) electrons. The van der Waals surface area contributed by atoms with Crippen molar-refractivity contribution in [1.82, 2.24) is 34.5 Å². The molecule has 0 bridgehead atoms. The molecule has 9 nitrogen and oxygen atoms in total. The third-order valence-corrected chi connectivity index (χ3v) is 7.47. The molecule has 0 spiro atoms. The van der Waals surface area contributed by atoms with E-state index in [0.717, 1.165) is 24.2 Å². The van der Waals surface area contributed by atoms with Gasteiger partial charge in [0.2, 0.25) is 11.1 Å². The molecule has 176 valence electrons. The summed E-state index contributed by atoms with van der Waals surface area (Å²) >= 11 is 1.29. The Kier molecular flexibility index (Phi) is 7.02. The Hall–Kier alpha value is -2.88. The highest BCUT2D eigenvalue weighted by Crippen LogP contribution is 2.28. The normalized spacial score (nSPS) is 15.5. The first kappa shape index (κ1) is 23.3. The van der Waals surface area contributed by atoms with Gasteiger partial charge in [-0.25, -0.2) is 4.68 Å². The minimum absolute atomic E-state index is 0.0930. The second kappa shape index (κ2) is 9.94. The summed E-state index contributed by atoms with van der Waals surface area (Å²) in [6.07, 6.45) is 5.73. The molecule has 33 heavy (non-hydrogen) atoms. The van der Waals surface area contributed by atoms with Crippen LogP contribution in [0.3, 0.4) is 0 Å². The van der Waals surface area contributed by atoms with Gasteiger partial charge in [-0.3, -0.25) is 14.3 Å². The Labute approximate surface area is 197 Å². The van der Waals surface area contributed by atoms with Crippen molar-refractivity contribution in [3.63, 3.8) is 0 Å². The fourth-order valence-electron chi connectivity index (χ4n) is 4.62. The highest BCUT2D eigenvalue weighted by atomic mass is 32.2. The van der Waals surface area contributed by atoms with Crippen molar-refractivity contribution in [2.24, 2.45) is 7.05 Å². The second-order valence-corrected chi connectivity index (χ2v) is 9.77. The molecule has 0 saturated heterocycles. The molecule has 0 aliphatic heterocycles. The van der Waals surface area contributed by atoms with Crippen LogP contribution in [0, 0.1) is 6.92 Å². The van der Waals surface area contributed by atoms with Crippen LogP contribution in [0.1, 0.15) is 51.6 Å². The molecule has 0 unspecified atom stereocenters. The summed E-state index contributed by atoms with van der Waals surface area (Å²) in [6.45, 7) is 6.48. The number of rotatable bonds is 7. The fourth-order valence-corrected chi connectivity index (χ4v) is 5.48. The average Bonchev–Trinajstić information content (AvgIpc) is 3.36. The molecule has 2 heterocycles. The van der Waals surface area contributed by atoms with Crippen LogP contribution in [-0.2, 0) is 11.8 Å². The largest absolute Gasteiger partial charge is 0.339 e. The third-order valence-electron chi connectivity index (χ3n) is 6.45. The lowest BCUT2D eigenvalue weighted by Crippen LogP contribution is -2.44. The van der Waals surface area contributed by atoms with Crippen LogP contribution in [0.15, 0.2) is 40.3 Å². The highest BCUT2D eigenvalue weighted by Gasteiger charge is 2.30. The zero-order valence-corrected chi connectivity index (χ0v) is 20.5. The molecular formula is C23H31N7O2S. The van der Waals surface area contributed by atoms with Gasteiger partial charge in [-0.1, -0.05) is 49.2 Å². The van der Waals surface area contributed by atoms with E-state index in [2.05, 4.69) is 15.5 Å². The SMILES string of the molecule is CCN(C(=O)[C@@H](C)Sc1nnnn1-c1c(C)n(C)n(-c2ccccc2)c1=O)C1CCCCC1. The van der Waals surface area contributed by atoms with Gasteiger partial charge in [0, 0.05) is 19.6 Å². The smallest absolute Gasteiger partial charge is 0.297 e. The Balaban J connectivity index is 1.61. The van der Waals surface area contributed by atoms with Crippen LogP contribution >= 0.6 is 11.8 Å². The molecule has 2 aromatic heterocycles. The first-order chi connectivity index (χ1) is 15.9. The van der Waals surface area contributed by atoms with Crippen LogP contribution < -0.4 is 5.56 Å². The maximum atomic E-state index is 13.4. The summed E-state index contributed by atoms with van der Waals surface area (Å²) in [6, 6.07) is 9.76. The average molecular weight is 470 g/mol. The molecule has 1 aliphatic carbocycles. The van der Waals surface area contributed by atoms with Crippen LogP contribution in [0.4, 0.5) is 0 Å². The van der Waals surface area contributed by atoms with Crippen molar-refractivity contribution < 1.29 is 4.79 Å². The molecule has 1 fully saturated rings. The number of para-hydroxylation sites is 1. The molecular weight excluding hydrogens is 438 g/mol. The third kappa shape index (κ3) is 4.48. The Morgan fingerprint density at radius 3 is 2.58 bits per heavy atom. The summed E-state index contributed by atoms with van der Waals surface area (Å²) in [5.74, 6) is 0.0930. The van der Waals surface area contributed by atoms with Crippen molar-refractivity contribution in [3.05, 3.63) is 46.4 Å². The Morgan fingerprint density at radius 2 is 1.91 bits per heavy atom. The first-order valence-corrected chi connectivity index (χ1v) is 12.4. The van der Waals surface area contributed by atoms with E-state index in [-0.39, 0.29) is 16.7 Å². The molecule has 1 aliphatic rings. The maximum absolute atomic E-state index is 13.4. The van der Waals surface area contributed by atoms with E-state index < -0.39 is 0 Å². The van der Waals surface area contributed by atoms with Crippen molar-refractivity contribution in [1.29, 1.82) is 0 Å². The van der Waals surface area contributed by atoms with Gasteiger partial charge in [0.1, 0.15) is 0 Å². The maximum Gasteiger partial charge on any atom is 0.297 e. The minimum atomic E-state index is -0.364. The quantitative estimate of drug-likeness (QED) is 0.494. The lowest BCUT2D eigenvalue weighted by molar-refractivity contribution is -0.133. The summed E-state index contributed by atoms with van der Waals surface area (Å²) in [5.41, 5.74) is 1.66. The first-order valence-electron chi connectivity index (χ1n) is 11.5. The topological polar surface area (TPSA) is 90.8 Å². The lowest BCUT2D eigenvalue weighted by Gasteiger charge is -2.35. The predicted molar refractivity (Wildman–Crippen MR) is 128 cm³/mol. The summed E-state index contributed by atoms with van der Waals surface area (Å²) in [4.78, 5) is 28.7. The van der Waals surface area contributed by atoms with Gasteiger partial charge in [0.15, 0.2) is 5.69 Å². The number of hydrogen-bond donors (Lipinski definition) is 0. The predicted octanol–water partition coefficient (Wildman–Crippen LogP) is 3.12. The van der Waals surface area contributed by atoms with Gasteiger partial charge in [-0.2, -0.15) is 4.68 Å². The van der Waals surface area contributed by atoms with Gasteiger partial charge in [-0.05, 0) is 56.2 Å². The van der Waals surface area contributed by atoms with Gasteiger partial charge in [-0.15, -0.1) is 5.10 Å². The molecule has 4 rings (SSSR count). The van der Waals surface area contributed by atoms with E-state index in [9.17, 15) is 9.59 Å². The van der Waals surface area contributed by atoms with E-state index in [1.54, 1.807) is 9.36 Å². The number of carbonyl (C=O) groups excluding carboxylic acids is 1. The Bertz CT molecular complexity index is 1160. The van der Waals surface area contributed by atoms with Gasteiger partial charge in [0.25, 0.3) is 5.56 Å². The number of nitrogens with zero attached hydrogens (tertiary/aromatic N) is 7. The van der Waals surface area contributed by atoms with Crippen molar-refractivity contribution >= 4 is 17.7 Å². The monoisotopic (exact) mass is 469 g/mol. The van der Waals surface area contributed by atoms with E-state index in [0.29, 0.717) is 23.4 Å². The minimum Gasteiger partial charge on any atom is -0.339 e. The molecule has 1 saturated carbocycles. The van der Waals surface area contributed by atoms with Gasteiger partial charge >= 0.3 is 0 Å². The molecule has 0 N–H and O–H groups in total. The van der Waals surface area contributed by atoms with E-state index in [1.807, 2.05) is 63.1 Å². The summed E-state index contributed by atoms with van der Waals surface area (Å²) in [5, 5.41) is 12.1. The molecule has 3 aromatic rings. The number of tetrazole rings is 1. The Morgan fingerprint density at radius 1 is 1.21 bits per heavy atom. The molecule has 10 heteroatoms. The number of aromatic nitrogens is 6. The summed E-state index contributed by atoms with van der Waals surface area (Å²) < 4.78 is 4.85. The van der Waals surface area contributed by atoms with Crippen molar-refractivity contribution in [3.8, 4) is 11.4 Å². The number of carbonyl (C=O) groups is 1. The van der Waals surface area contributed by atoms with E-state index >= 15 is 0 Å². The van der Waals surface area contributed by atoms with Gasteiger partial charge < -0.3 is 4.90 Å². The fraction of sp³-hybridized carbons (Fsp3) is 0.522.